The third kappa shape index (κ3) is 7.25. The van der Waals surface area contributed by atoms with Crippen LogP contribution in [0.1, 0.15) is 5.56 Å². The summed E-state index contributed by atoms with van der Waals surface area (Å²) >= 11 is 0. The fraction of sp³-hybridized carbons (Fsp3) is 0.429. The van der Waals surface area contributed by atoms with Crippen LogP contribution in [0, 0.1) is 0 Å². The molecule has 0 unspecified atom stereocenters. The Labute approximate surface area is 127 Å². The molecule has 1 aromatic rings. The van der Waals surface area contributed by atoms with Gasteiger partial charge in [0, 0.05) is 0 Å². The summed E-state index contributed by atoms with van der Waals surface area (Å²) in [5, 5.41) is 43.2. The average Bonchev–Trinajstić information content (AvgIpc) is 2.53. The third-order valence-electron chi connectivity index (χ3n) is 2.69. The van der Waals surface area contributed by atoms with E-state index < -0.39 is 30.4 Å². The van der Waals surface area contributed by atoms with Gasteiger partial charge in [-0.15, -0.1) is 0 Å². The zero-order valence-corrected chi connectivity index (χ0v) is 11.8. The maximum Gasteiger partial charge on any atom is 0.335 e. The van der Waals surface area contributed by atoms with Crippen LogP contribution in [0.15, 0.2) is 30.3 Å². The van der Waals surface area contributed by atoms with Crippen LogP contribution in [-0.2, 0) is 16.0 Å². The van der Waals surface area contributed by atoms with Crippen molar-refractivity contribution in [3.05, 3.63) is 35.9 Å². The van der Waals surface area contributed by atoms with Gasteiger partial charge in [-0.1, -0.05) is 30.3 Å². The molecule has 0 radical (unpaired) electrons. The second-order valence-electron chi connectivity index (χ2n) is 4.42. The summed E-state index contributed by atoms with van der Waals surface area (Å²) in [7, 11) is 0. The summed E-state index contributed by atoms with van der Waals surface area (Å²) in [4.78, 5) is 20.0. The molecule has 124 valence electrons. The van der Waals surface area contributed by atoms with Gasteiger partial charge in [-0.3, -0.25) is 0 Å². The topological polar surface area (TPSA) is 161 Å². The molecule has 0 aliphatic rings. The van der Waals surface area contributed by atoms with Crippen molar-refractivity contribution >= 4 is 12.3 Å². The minimum absolute atomic E-state index is 0.0809. The molecule has 0 heterocycles. The Bertz CT molecular complexity index is 440. The van der Waals surface area contributed by atoms with Crippen LogP contribution in [-0.4, -0.2) is 68.7 Å². The van der Waals surface area contributed by atoms with Gasteiger partial charge in [0.1, 0.15) is 18.3 Å². The first-order valence-corrected chi connectivity index (χ1v) is 6.49. The number of aldehydes is 1. The van der Waals surface area contributed by atoms with Crippen molar-refractivity contribution in [3.8, 4) is 0 Å². The van der Waals surface area contributed by atoms with Gasteiger partial charge in [-0.05, 0) is 18.5 Å². The standard InChI is InChI=1S/C8H11N.C6H10O7/c9-7-6-8-4-2-1-3-5-8;7-1-2(8)3(9)4(10)5(11)6(12)13/h1-5H,6-7,9H2;1-5,8-11H,(H,12,13)/t;2-,3+,4+,5-/m.0/s1. The number of aliphatic carboxylic acids is 1. The van der Waals surface area contributed by atoms with E-state index in [1.807, 2.05) is 18.2 Å². The van der Waals surface area contributed by atoms with E-state index in [0.717, 1.165) is 13.0 Å². The largest absolute Gasteiger partial charge is 0.479 e. The van der Waals surface area contributed by atoms with Gasteiger partial charge in [0.2, 0.25) is 0 Å². The summed E-state index contributed by atoms with van der Waals surface area (Å²) in [6.07, 6.45) is -7.40. The number of rotatable bonds is 7. The highest BCUT2D eigenvalue weighted by atomic mass is 16.4. The Morgan fingerprint density at radius 3 is 2.05 bits per heavy atom. The van der Waals surface area contributed by atoms with Crippen molar-refractivity contribution in [1.29, 1.82) is 0 Å². The molecule has 0 fully saturated rings. The van der Waals surface area contributed by atoms with Gasteiger partial charge in [-0.2, -0.15) is 0 Å². The molecule has 8 nitrogen and oxygen atoms in total. The first-order chi connectivity index (χ1) is 10.3. The lowest BCUT2D eigenvalue weighted by molar-refractivity contribution is -0.163. The Morgan fingerprint density at radius 2 is 1.64 bits per heavy atom. The van der Waals surface area contributed by atoms with Crippen LogP contribution < -0.4 is 5.73 Å². The Morgan fingerprint density at radius 1 is 1.09 bits per heavy atom. The maximum absolute atomic E-state index is 10.1. The lowest BCUT2D eigenvalue weighted by Crippen LogP contribution is -2.48. The molecule has 0 spiro atoms. The molecular formula is C14H21NO7. The minimum atomic E-state index is -2.25. The van der Waals surface area contributed by atoms with Gasteiger partial charge in [-0.25, -0.2) is 4.79 Å². The molecule has 0 amide bonds. The number of carbonyl (C=O) groups is 2. The molecule has 0 saturated heterocycles. The number of carboxylic acids is 1. The second-order valence-corrected chi connectivity index (χ2v) is 4.42. The summed E-state index contributed by atoms with van der Waals surface area (Å²) in [6, 6.07) is 10.3. The molecule has 0 aromatic heterocycles. The molecule has 4 atom stereocenters. The molecule has 22 heavy (non-hydrogen) atoms. The quantitative estimate of drug-likeness (QED) is 0.312. The normalized spacial score (nSPS) is 15.7. The predicted octanol–water partition coefficient (Wildman–Crippen LogP) is -2.10. The SMILES string of the molecule is NCCc1ccccc1.O=C[C@H](O)[C@@H](O)[C@@H](O)[C@H](O)C(=O)O. The maximum atomic E-state index is 10.1. The van der Waals surface area contributed by atoms with E-state index in [1.54, 1.807) is 0 Å². The Hall–Kier alpha value is -1.84. The van der Waals surface area contributed by atoms with Crippen LogP contribution in [0.25, 0.3) is 0 Å². The minimum Gasteiger partial charge on any atom is -0.479 e. The van der Waals surface area contributed by atoms with Gasteiger partial charge >= 0.3 is 5.97 Å². The van der Waals surface area contributed by atoms with Crippen molar-refractivity contribution in [1.82, 2.24) is 0 Å². The number of aliphatic hydroxyl groups is 4. The van der Waals surface area contributed by atoms with E-state index >= 15 is 0 Å². The van der Waals surface area contributed by atoms with Gasteiger partial charge in [0.05, 0.1) is 0 Å². The zero-order valence-electron chi connectivity index (χ0n) is 11.8. The highest BCUT2D eigenvalue weighted by molar-refractivity contribution is 5.73. The number of nitrogens with two attached hydrogens (primary N) is 1. The fourth-order valence-corrected chi connectivity index (χ4v) is 1.43. The molecule has 8 heteroatoms. The first-order valence-electron chi connectivity index (χ1n) is 6.49. The molecule has 1 aromatic carbocycles. The summed E-state index contributed by atoms with van der Waals surface area (Å²) < 4.78 is 0. The van der Waals surface area contributed by atoms with Crippen molar-refractivity contribution in [2.45, 2.75) is 30.8 Å². The summed E-state index contributed by atoms with van der Waals surface area (Å²) in [5.41, 5.74) is 6.68. The molecule has 7 N–H and O–H groups in total. The molecule has 0 bridgehead atoms. The van der Waals surface area contributed by atoms with E-state index in [9.17, 15) is 9.59 Å². The number of benzene rings is 1. The number of carbonyl (C=O) groups excluding carboxylic acids is 1. The Kier molecular flexibility index (Phi) is 9.92. The van der Waals surface area contributed by atoms with Crippen LogP contribution in [0.2, 0.25) is 0 Å². The number of hydrogen-bond donors (Lipinski definition) is 6. The van der Waals surface area contributed by atoms with Gasteiger partial charge in [0.25, 0.3) is 0 Å². The van der Waals surface area contributed by atoms with E-state index in [0.29, 0.717) is 0 Å². The van der Waals surface area contributed by atoms with Crippen LogP contribution in [0.4, 0.5) is 0 Å². The smallest absolute Gasteiger partial charge is 0.335 e. The second kappa shape index (κ2) is 10.8. The van der Waals surface area contributed by atoms with Crippen molar-refractivity contribution < 1.29 is 35.1 Å². The van der Waals surface area contributed by atoms with E-state index in [1.165, 1.54) is 5.56 Å². The Balaban J connectivity index is 0.000000425. The van der Waals surface area contributed by atoms with Crippen molar-refractivity contribution in [3.63, 3.8) is 0 Å². The fourth-order valence-electron chi connectivity index (χ4n) is 1.43. The molecule has 0 aliphatic carbocycles. The number of hydrogen-bond acceptors (Lipinski definition) is 7. The van der Waals surface area contributed by atoms with E-state index in [4.69, 9.17) is 31.3 Å². The molecular weight excluding hydrogens is 294 g/mol. The third-order valence-corrected chi connectivity index (χ3v) is 2.69. The zero-order chi connectivity index (χ0) is 17.1. The van der Waals surface area contributed by atoms with Crippen molar-refractivity contribution in [2.75, 3.05) is 6.54 Å². The highest BCUT2D eigenvalue weighted by Gasteiger charge is 2.33. The molecule has 0 saturated carbocycles. The molecule has 1 rings (SSSR count). The lowest BCUT2D eigenvalue weighted by Gasteiger charge is -2.21. The van der Waals surface area contributed by atoms with E-state index in [2.05, 4.69) is 12.1 Å². The van der Waals surface area contributed by atoms with Crippen LogP contribution in [0.5, 0.6) is 0 Å². The summed E-state index contributed by atoms with van der Waals surface area (Å²) in [6.45, 7) is 0.740. The monoisotopic (exact) mass is 315 g/mol. The summed E-state index contributed by atoms with van der Waals surface area (Å²) in [5.74, 6) is -1.76. The predicted molar refractivity (Wildman–Crippen MR) is 76.9 cm³/mol. The first kappa shape index (κ1) is 20.2. The highest BCUT2D eigenvalue weighted by Crippen LogP contribution is 2.03. The van der Waals surface area contributed by atoms with Gasteiger partial charge in [0.15, 0.2) is 12.4 Å². The van der Waals surface area contributed by atoms with Gasteiger partial charge < -0.3 is 36.1 Å². The lowest BCUT2D eigenvalue weighted by atomic mass is 10.0. The average molecular weight is 315 g/mol. The number of aliphatic hydroxyl groups excluding tert-OH is 4. The van der Waals surface area contributed by atoms with Crippen LogP contribution >= 0.6 is 0 Å². The van der Waals surface area contributed by atoms with Crippen LogP contribution in [0.3, 0.4) is 0 Å². The van der Waals surface area contributed by atoms with E-state index in [-0.39, 0.29) is 6.29 Å². The number of carboxylic acid groups (broad SMARTS) is 1. The van der Waals surface area contributed by atoms with Crippen molar-refractivity contribution in [2.24, 2.45) is 5.73 Å². The molecule has 0 aliphatic heterocycles.